The standard InChI is InChI=1S/C20H24F3N9O/c1-11-7-16(30-29-11)32(15(10-33-2)17-14(23)8-13(22)9-25-17)20-27-18(24)26-19(28-20)31-5-3-12(21)4-6-31/h7-9,12,15H,3-6,10H2,1-2H3,(H,29,30)(H2,24,26,27,28)/t15-/m0/s1. The smallest absolute Gasteiger partial charge is 0.238 e. The van der Waals surface area contributed by atoms with Crippen LogP contribution in [0.15, 0.2) is 18.3 Å². The summed E-state index contributed by atoms with van der Waals surface area (Å²) in [6, 6.07) is 1.54. The van der Waals surface area contributed by atoms with Crippen LogP contribution in [0.4, 0.5) is 36.8 Å². The summed E-state index contributed by atoms with van der Waals surface area (Å²) in [7, 11) is 1.44. The number of aromatic nitrogens is 6. The van der Waals surface area contributed by atoms with Gasteiger partial charge in [0.15, 0.2) is 5.82 Å². The fourth-order valence-electron chi connectivity index (χ4n) is 3.70. The predicted octanol–water partition coefficient (Wildman–Crippen LogP) is 2.62. The van der Waals surface area contributed by atoms with Crippen molar-refractivity contribution in [1.82, 2.24) is 30.1 Å². The first-order chi connectivity index (χ1) is 15.9. The topological polar surface area (TPSA) is 122 Å². The van der Waals surface area contributed by atoms with Crippen LogP contribution in [0.25, 0.3) is 0 Å². The van der Waals surface area contributed by atoms with Crippen molar-refractivity contribution in [1.29, 1.82) is 0 Å². The monoisotopic (exact) mass is 463 g/mol. The van der Waals surface area contributed by atoms with Gasteiger partial charge in [0, 0.05) is 38.0 Å². The molecule has 1 aliphatic heterocycles. The maximum Gasteiger partial charge on any atom is 0.238 e. The van der Waals surface area contributed by atoms with Crippen LogP contribution in [-0.2, 0) is 4.74 Å². The van der Waals surface area contributed by atoms with Crippen LogP contribution in [0.3, 0.4) is 0 Å². The van der Waals surface area contributed by atoms with Crippen molar-refractivity contribution in [3.63, 3.8) is 0 Å². The van der Waals surface area contributed by atoms with E-state index in [2.05, 4.69) is 30.1 Å². The number of halogens is 3. The number of nitrogens with zero attached hydrogens (tertiary/aromatic N) is 7. The van der Waals surface area contributed by atoms with E-state index in [9.17, 15) is 13.2 Å². The molecule has 0 aliphatic carbocycles. The maximum atomic E-state index is 14.8. The zero-order valence-corrected chi connectivity index (χ0v) is 18.2. The fraction of sp³-hybridized carbons (Fsp3) is 0.450. The molecule has 0 spiro atoms. The Morgan fingerprint density at radius 1 is 1.24 bits per heavy atom. The minimum atomic E-state index is -0.912. The van der Waals surface area contributed by atoms with Gasteiger partial charge in [0.25, 0.3) is 0 Å². The highest BCUT2D eigenvalue weighted by molar-refractivity contribution is 5.58. The number of aromatic amines is 1. The summed E-state index contributed by atoms with van der Waals surface area (Å²) >= 11 is 0. The maximum absolute atomic E-state index is 14.8. The Morgan fingerprint density at radius 3 is 2.64 bits per heavy atom. The van der Waals surface area contributed by atoms with Crippen molar-refractivity contribution in [3.8, 4) is 0 Å². The van der Waals surface area contributed by atoms with E-state index in [1.165, 1.54) is 12.0 Å². The van der Waals surface area contributed by atoms with Crippen LogP contribution in [0, 0.1) is 18.6 Å². The number of hydrogen-bond acceptors (Lipinski definition) is 9. The van der Waals surface area contributed by atoms with Gasteiger partial charge in [0.1, 0.15) is 29.5 Å². The molecule has 1 aliphatic rings. The molecule has 1 saturated heterocycles. The van der Waals surface area contributed by atoms with Gasteiger partial charge in [0.05, 0.1) is 12.8 Å². The number of nitrogen functional groups attached to an aromatic ring is 1. The number of aryl methyl sites for hydroxylation is 1. The van der Waals surface area contributed by atoms with Gasteiger partial charge in [0.2, 0.25) is 17.8 Å². The summed E-state index contributed by atoms with van der Waals surface area (Å²) in [6.45, 7) is 2.59. The van der Waals surface area contributed by atoms with Gasteiger partial charge in [-0.05, 0) is 19.8 Å². The van der Waals surface area contributed by atoms with E-state index in [4.69, 9.17) is 10.5 Å². The lowest BCUT2D eigenvalue weighted by Gasteiger charge is -2.32. The normalized spacial score (nSPS) is 15.6. The highest BCUT2D eigenvalue weighted by Gasteiger charge is 2.32. The summed E-state index contributed by atoms with van der Waals surface area (Å²) in [5, 5.41) is 7.09. The Balaban J connectivity index is 1.82. The van der Waals surface area contributed by atoms with Crippen LogP contribution >= 0.6 is 0 Å². The lowest BCUT2D eigenvalue weighted by molar-refractivity contribution is 0.177. The molecular weight excluding hydrogens is 439 g/mol. The van der Waals surface area contributed by atoms with Gasteiger partial charge in [-0.1, -0.05) is 0 Å². The molecule has 3 N–H and O–H groups in total. The van der Waals surface area contributed by atoms with E-state index >= 15 is 0 Å². The van der Waals surface area contributed by atoms with Gasteiger partial charge in [-0.15, -0.1) is 0 Å². The van der Waals surface area contributed by atoms with E-state index in [1.54, 1.807) is 13.0 Å². The molecule has 0 aromatic carbocycles. The van der Waals surface area contributed by atoms with Crippen LogP contribution < -0.4 is 15.5 Å². The average Bonchev–Trinajstić information content (AvgIpc) is 3.19. The van der Waals surface area contributed by atoms with Gasteiger partial charge in [-0.3, -0.25) is 15.0 Å². The molecule has 3 aromatic rings. The van der Waals surface area contributed by atoms with E-state index in [0.717, 1.165) is 18.0 Å². The number of nitrogens with two attached hydrogens (primary N) is 1. The van der Waals surface area contributed by atoms with Crippen LogP contribution in [0.2, 0.25) is 0 Å². The summed E-state index contributed by atoms with van der Waals surface area (Å²) in [5.41, 5.74) is 6.63. The van der Waals surface area contributed by atoms with Crippen molar-refractivity contribution >= 4 is 23.7 Å². The first-order valence-electron chi connectivity index (χ1n) is 10.4. The summed E-state index contributed by atoms with van der Waals surface area (Å²) in [5.74, 6) is -1.05. The molecule has 33 heavy (non-hydrogen) atoms. The number of piperidine rings is 1. The average molecular weight is 463 g/mol. The summed E-state index contributed by atoms with van der Waals surface area (Å²) in [6.07, 6.45) is 0.742. The zero-order chi connectivity index (χ0) is 23.5. The molecule has 0 saturated carbocycles. The third-order valence-electron chi connectivity index (χ3n) is 5.28. The van der Waals surface area contributed by atoms with E-state index in [0.29, 0.717) is 31.7 Å². The summed E-state index contributed by atoms with van der Waals surface area (Å²) < 4.78 is 47.3. The Bertz CT molecular complexity index is 1100. The number of methoxy groups -OCH3 is 1. The van der Waals surface area contributed by atoms with Gasteiger partial charge in [-0.25, -0.2) is 13.2 Å². The van der Waals surface area contributed by atoms with E-state index in [-0.39, 0.29) is 30.1 Å². The zero-order valence-electron chi connectivity index (χ0n) is 18.2. The number of hydrogen-bond donors (Lipinski definition) is 2. The molecule has 10 nitrogen and oxygen atoms in total. The Hall–Kier alpha value is -3.48. The Kier molecular flexibility index (Phi) is 6.58. The number of ether oxygens (including phenoxy) is 1. The molecule has 4 rings (SSSR count). The molecule has 3 aromatic heterocycles. The highest BCUT2D eigenvalue weighted by Crippen LogP contribution is 2.34. The van der Waals surface area contributed by atoms with Crippen molar-refractivity contribution in [2.45, 2.75) is 32.0 Å². The second-order valence-corrected chi connectivity index (χ2v) is 7.73. The lowest BCUT2D eigenvalue weighted by atomic mass is 10.1. The number of alkyl halides is 1. The second kappa shape index (κ2) is 9.57. The molecule has 13 heteroatoms. The number of anilines is 4. The molecular formula is C20H24F3N9O. The lowest BCUT2D eigenvalue weighted by Crippen LogP contribution is -2.37. The fourth-order valence-corrected chi connectivity index (χ4v) is 3.70. The molecule has 1 atom stereocenters. The molecule has 0 bridgehead atoms. The number of nitrogens with one attached hydrogen (secondary N) is 1. The third kappa shape index (κ3) is 4.97. The molecule has 0 amide bonds. The van der Waals surface area contributed by atoms with Crippen molar-refractivity contribution in [2.24, 2.45) is 0 Å². The molecule has 4 heterocycles. The van der Waals surface area contributed by atoms with Crippen molar-refractivity contribution < 1.29 is 17.9 Å². The number of pyridine rings is 1. The largest absolute Gasteiger partial charge is 0.382 e. The van der Waals surface area contributed by atoms with Gasteiger partial charge < -0.3 is 15.4 Å². The second-order valence-electron chi connectivity index (χ2n) is 7.73. The molecule has 1 fully saturated rings. The van der Waals surface area contributed by atoms with Crippen LogP contribution in [0.1, 0.15) is 30.3 Å². The number of H-pyrrole nitrogens is 1. The molecule has 176 valence electrons. The minimum absolute atomic E-state index is 0.0460. The third-order valence-corrected chi connectivity index (χ3v) is 5.28. The first-order valence-corrected chi connectivity index (χ1v) is 10.4. The number of rotatable bonds is 7. The highest BCUT2D eigenvalue weighted by atomic mass is 19.1. The predicted molar refractivity (Wildman–Crippen MR) is 115 cm³/mol. The first kappa shape index (κ1) is 22.7. The Morgan fingerprint density at radius 2 is 2.00 bits per heavy atom. The quantitative estimate of drug-likeness (QED) is 0.544. The van der Waals surface area contributed by atoms with Crippen molar-refractivity contribution in [2.75, 3.05) is 42.3 Å². The molecule has 0 unspecified atom stereocenters. The minimum Gasteiger partial charge on any atom is -0.382 e. The van der Waals surface area contributed by atoms with Gasteiger partial charge >= 0.3 is 0 Å². The van der Waals surface area contributed by atoms with Crippen LogP contribution in [0.5, 0.6) is 0 Å². The SMILES string of the molecule is COC[C@@H](c1ncc(F)cc1F)N(c1cc(C)[nH]n1)c1nc(N)nc(N2CCC(F)CC2)n1. The van der Waals surface area contributed by atoms with Gasteiger partial charge in [-0.2, -0.15) is 20.1 Å². The molecule has 0 radical (unpaired) electrons. The van der Waals surface area contributed by atoms with Crippen molar-refractivity contribution in [3.05, 3.63) is 41.4 Å². The Labute approximate surface area is 188 Å². The van der Waals surface area contributed by atoms with E-state index < -0.39 is 23.8 Å². The van der Waals surface area contributed by atoms with E-state index in [1.807, 2.05) is 4.90 Å². The van der Waals surface area contributed by atoms with Crippen LogP contribution in [-0.4, -0.2) is 63.1 Å². The summed E-state index contributed by atoms with van der Waals surface area (Å²) in [4.78, 5) is 20.3.